The van der Waals surface area contributed by atoms with Crippen molar-refractivity contribution in [2.24, 2.45) is 16.7 Å². The zero-order valence-corrected chi connectivity index (χ0v) is 12.3. The van der Waals surface area contributed by atoms with Crippen LogP contribution in [0.25, 0.3) is 0 Å². The van der Waals surface area contributed by atoms with E-state index in [0.717, 1.165) is 11.4 Å². The minimum atomic E-state index is -0.00981. The highest BCUT2D eigenvalue weighted by Gasteiger charge is 2.64. The van der Waals surface area contributed by atoms with Gasteiger partial charge >= 0.3 is 0 Å². The van der Waals surface area contributed by atoms with Gasteiger partial charge in [-0.2, -0.15) is 0 Å². The number of benzene rings is 1. The lowest BCUT2D eigenvalue weighted by molar-refractivity contribution is 0.0949. The van der Waals surface area contributed by atoms with Crippen molar-refractivity contribution in [3.8, 4) is 0 Å². The summed E-state index contributed by atoms with van der Waals surface area (Å²) in [4.78, 5) is 12.8. The molecule has 0 aromatic heterocycles. The van der Waals surface area contributed by atoms with Gasteiger partial charge in [0.05, 0.1) is 0 Å². The van der Waals surface area contributed by atoms with Crippen LogP contribution in [0.1, 0.15) is 38.1 Å². The van der Waals surface area contributed by atoms with Crippen LogP contribution in [0.15, 0.2) is 29.2 Å². The maximum atomic E-state index is 12.0. The minimum Gasteiger partial charge on any atom is -0.352 e. The molecule has 1 N–H and O–H groups in total. The van der Waals surface area contributed by atoms with Crippen molar-refractivity contribution in [2.45, 2.75) is 32.6 Å². The fourth-order valence-electron chi connectivity index (χ4n) is 2.79. The molecule has 18 heavy (non-hydrogen) atoms. The molecule has 1 aromatic carbocycles. The van der Waals surface area contributed by atoms with Crippen molar-refractivity contribution >= 4 is 18.5 Å². The van der Waals surface area contributed by atoms with E-state index in [1.165, 1.54) is 0 Å². The van der Waals surface area contributed by atoms with Crippen LogP contribution in [0, 0.1) is 16.7 Å². The molecule has 1 aliphatic carbocycles. The highest BCUT2D eigenvalue weighted by atomic mass is 32.1. The summed E-state index contributed by atoms with van der Waals surface area (Å²) in [6, 6.07) is 7.33. The molecule has 0 unspecified atom stereocenters. The van der Waals surface area contributed by atoms with Crippen LogP contribution in [0.3, 0.4) is 0 Å². The highest BCUT2D eigenvalue weighted by molar-refractivity contribution is 7.80. The van der Waals surface area contributed by atoms with Crippen molar-refractivity contribution in [2.75, 3.05) is 6.54 Å². The second-order valence-electron chi connectivity index (χ2n) is 6.26. The van der Waals surface area contributed by atoms with Crippen LogP contribution in [0.2, 0.25) is 0 Å². The largest absolute Gasteiger partial charge is 0.352 e. The van der Waals surface area contributed by atoms with E-state index in [2.05, 4.69) is 45.6 Å². The molecule has 0 aliphatic heterocycles. The van der Waals surface area contributed by atoms with E-state index in [9.17, 15) is 4.79 Å². The fraction of sp³-hybridized carbons (Fsp3) is 0.533. The molecule has 0 radical (unpaired) electrons. The number of nitrogens with one attached hydrogen (secondary N) is 1. The number of thiol groups is 1. The zero-order valence-electron chi connectivity index (χ0n) is 11.4. The Morgan fingerprint density at radius 1 is 1.28 bits per heavy atom. The molecule has 98 valence electrons. The number of amides is 1. The van der Waals surface area contributed by atoms with Gasteiger partial charge in [-0.1, -0.05) is 33.8 Å². The summed E-state index contributed by atoms with van der Waals surface area (Å²) >= 11 is 4.24. The molecule has 0 atom stereocenters. The average Bonchev–Trinajstić information content (AvgIpc) is 2.66. The van der Waals surface area contributed by atoms with Gasteiger partial charge in [-0.15, -0.1) is 12.6 Å². The van der Waals surface area contributed by atoms with Crippen LogP contribution in [0.5, 0.6) is 0 Å². The first-order valence-corrected chi connectivity index (χ1v) is 6.79. The summed E-state index contributed by atoms with van der Waals surface area (Å²) in [5, 5.41) is 3.03. The average molecular weight is 263 g/mol. The molecular formula is C15H21NOS. The Hall–Kier alpha value is -0.960. The normalized spacial score (nSPS) is 20.5. The Balaban J connectivity index is 1.95. The Labute approximate surface area is 115 Å². The van der Waals surface area contributed by atoms with Crippen molar-refractivity contribution in [3.05, 3.63) is 29.8 Å². The van der Waals surface area contributed by atoms with E-state index in [-0.39, 0.29) is 5.91 Å². The molecule has 2 nitrogen and oxygen atoms in total. The Bertz CT molecular complexity index is 465. The molecule has 0 spiro atoms. The quantitative estimate of drug-likeness (QED) is 0.804. The molecule has 0 bridgehead atoms. The van der Waals surface area contributed by atoms with Crippen LogP contribution in [0.4, 0.5) is 0 Å². The zero-order chi connectivity index (χ0) is 13.6. The highest BCUT2D eigenvalue weighted by Crippen LogP contribution is 2.67. The van der Waals surface area contributed by atoms with E-state index in [1.807, 2.05) is 18.2 Å². The molecule has 2 rings (SSSR count). The van der Waals surface area contributed by atoms with Gasteiger partial charge < -0.3 is 5.32 Å². The van der Waals surface area contributed by atoms with Crippen LogP contribution < -0.4 is 5.32 Å². The van der Waals surface area contributed by atoms with Gasteiger partial charge in [0.1, 0.15) is 0 Å². The predicted molar refractivity (Wildman–Crippen MR) is 77.1 cm³/mol. The maximum absolute atomic E-state index is 12.0. The lowest BCUT2D eigenvalue weighted by Crippen LogP contribution is -2.27. The molecule has 0 saturated heterocycles. The Morgan fingerprint density at radius 3 is 2.39 bits per heavy atom. The summed E-state index contributed by atoms with van der Waals surface area (Å²) in [5.41, 5.74) is 1.30. The Kier molecular flexibility index (Phi) is 3.22. The molecule has 1 saturated carbocycles. The number of rotatable bonds is 3. The number of carbonyl (C=O) groups is 1. The SMILES string of the molecule is CC1(C)C(CNC(=O)c2cccc(S)c2)C1(C)C. The lowest BCUT2D eigenvalue weighted by atomic mass is 10.0. The third kappa shape index (κ3) is 2.16. The van der Waals surface area contributed by atoms with Crippen molar-refractivity contribution in [1.29, 1.82) is 0 Å². The number of hydrogen-bond donors (Lipinski definition) is 2. The van der Waals surface area contributed by atoms with Gasteiger partial charge in [0, 0.05) is 17.0 Å². The Morgan fingerprint density at radius 2 is 1.89 bits per heavy atom. The van der Waals surface area contributed by atoms with Gasteiger partial charge in [0.15, 0.2) is 0 Å². The summed E-state index contributed by atoms with van der Waals surface area (Å²) < 4.78 is 0. The molecular weight excluding hydrogens is 242 g/mol. The monoisotopic (exact) mass is 263 g/mol. The summed E-state index contributed by atoms with van der Waals surface area (Å²) in [5.74, 6) is 0.539. The van der Waals surface area contributed by atoms with Crippen molar-refractivity contribution < 1.29 is 4.79 Å². The second-order valence-corrected chi connectivity index (χ2v) is 6.77. The molecule has 3 heteroatoms. The second kappa shape index (κ2) is 4.30. The molecule has 1 aliphatic rings. The molecule has 1 fully saturated rings. The minimum absolute atomic E-state index is 0.00981. The third-order valence-corrected chi connectivity index (χ3v) is 5.17. The van der Waals surface area contributed by atoms with Gasteiger partial charge in [0.2, 0.25) is 0 Å². The van der Waals surface area contributed by atoms with E-state index >= 15 is 0 Å². The van der Waals surface area contributed by atoms with E-state index < -0.39 is 0 Å². The van der Waals surface area contributed by atoms with Crippen molar-refractivity contribution in [3.63, 3.8) is 0 Å². The predicted octanol–water partition coefficient (Wildman–Crippen LogP) is 3.39. The van der Waals surface area contributed by atoms with Gasteiger partial charge in [-0.25, -0.2) is 0 Å². The first kappa shape index (κ1) is 13.5. The molecule has 0 heterocycles. The van der Waals surface area contributed by atoms with E-state index in [1.54, 1.807) is 6.07 Å². The molecule has 1 aromatic rings. The third-order valence-electron chi connectivity index (χ3n) is 4.89. The van der Waals surface area contributed by atoms with Gasteiger partial charge in [0.25, 0.3) is 5.91 Å². The number of hydrogen-bond acceptors (Lipinski definition) is 2. The summed E-state index contributed by atoms with van der Waals surface area (Å²) in [7, 11) is 0. The summed E-state index contributed by atoms with van der Waals surface area (Å²) in [6.07, 6.45) is 0. The van der Waals surface area contributed by atoms with E-state index in [0.29, 0.717) is 22.3 Å². The van der Waals surface area contributed by atoms with Crippen LogP contribution in [-0.2, 0) is 0 Å². The maximum Gasteiger partial charge on any atom is 0.251 e. The summed E-state index contributed by atoms with van der Waals surface area (Å²) in [6.45, 7) is 9.79. The first-order valence-electron chi connectivity index (χ1n) is 6.34. The molecule has 1 amide bonds. The fourth-order valence-corrected chi connectivity index (χ4v) is 3.01. The topological polar surface area (TPSA) is 29.1 Å². The van der Waals surface area contributed by atoms with Crippen LogP contribution in [-0.4, -0.2) is 12.5 Å². The van der Waals surface area contributed by atoms with Crippen LogP contribution >= 0.6 is 12.6 Å². The lowest BCUT2D eigenvalue weighted by Gasteiger charge is -2.06. The standard InChI is InChI=1S/C15H21NOS/c1-14(2)12(15(14,3)4)9-16-13(17)10-6-5-7-11(18)8-10/h5-8,12,18H,9H2,1-4H3,(H,16,17). The van der Waals surface area contributed by atoms with E-state index in [4.69, 9.17) is 0 Å². The smallest absolute Gasteiger partial charge is 0.251 e. The number of carbonyl (C=O) groups excluding carboxylic acids is 1. The van der Waals surface area contributed by atoms with Gasteiger partial charge in [-0.3, -0.25) is 4.79 Å². The van der Waals surface area contributed by atoms with Crippen molar-refractivity contribution in [1.82, 2.24) is 5.32 Å². The first-order chi connectivity index (χ1) is 8.26. The van der Waals surface area contributed by atoms with Gasteiger partial charge in [-0.05, 0) is 34.9 Å².